The molecule has 0 unspecified atom stereocenters. The van der Waals surface area contributed by atoms with Gasteiger partial charge in [0.1, 0.15) is 11.5 Å². The van der Waals surface area contributed by atoms with Crippen molar-refractivity contribution in [3.8, 4) is 22.6 Å². The summed E-state index contributed by atoms with van der Waals surface area (Å²) in [7, 11) is 0. The highest BCUT2D eigenvalue weighted by Gasteiger charge is 2.20. The van der Waals surface area contributed by atoms with E-state index in [0.717, 1.165) is 11.1 Å². The van der Waals surface area contributed by atoms with E-state index in [0.29, 0.717) is 11.8 Å². The van der Waals surface area contributed by atoms with Crippen LogP contribution in [0.2, 0.25) is 0 Å². The van der Waals surface area contributed by atoms with Gasteiger partial charge in [-0.05, 0) is 60.8 Å². The molecule has 2 heteroatoms. The molecule has 0 amide bonds. The summed E-state index contributed by atoms with van der Waals surface area (Å²) in [6.45, 7) is 0. The van der Waals surface area contributed by atoms with E-state index in [-0.39, 0.29) is 11.5 Å². The zero-order valence-electron chi connectivity index (χ0n) is 15.6. The molecule has 4 rings (SSSR count). The van der Waals surface area contributed by atoms with Crippen molar-refractivity contribution in [2.75, 3.05) is 0 Å². The van der Waals surface area contributed by atoms with E-state index >= 15 is 0 Å². The first kappa shape index (κ1) is 17.5. The summed E-state index contributed by atoms with van der Waals surface area (Å²) in [4.78, 5) is 0. The first-order chi connectivity index (χ1) is 12.7. The van der Waals surface area contributed by atoms with Gasteiger partial charge in [-0.1, -0.05) is 62.8 Å². The van der Waals surface area contributed by atoms with Gasteiger partial charge in [-0.2, -0.15) is 0 Å². The summed E-state index contributed by atoms with van der Waals surface area (Å²) in [5, 5.41) is 21.2. The molecule has 2 aromatic carbocycles. The van der Waals surface area contributed by atoms with Crippen LogP contribution in [0.4, 0.5) is 0 Å². The lowest BCUT2D eigenvalue weighted by Crippen LogP contribution is -2.04. The Kier molecular flexibility index (Phi) is 5.19. The first-order valence-electron chi connectivity index (χ1n) is 10.4. The minimum atomic E-state index is 0.286. The van der Waals surface area contributed by atoms with Crippen LogP contribution in [-0.4, -0.2) is 10.2 Å². The number of hydrogen-bond donors (Lipinski definition) is 2. The summed E-state index contributed by atoms with van der Waals surface area (Å²) < 4.78 is 0. The largest absolute Gasteiger partial charge is 0.507 e. The molecule has 138 valence electrons. The molecule has 0 spiro atoms. The average molecular weight is 351 g/mol. The number of phenolic OH excluding ortho intramolecular Hbond substituents is 2. The van der Waals surface area contributed by atoms with Crippen LogP contribution < -0.4 is 0 Å². The van der Waals surface area contributed by atoms with Crippen molar-refractivity contribution in [2.24, 2.45) is 0 Å². The van der Waals surface area contributed by atoms with Crippen molar-refractivity contribution in [3.05, 3.63) is 47.5 Å². The molecule has 0 atom stereocenters. The fraction of sp³-hybridized carbons (Fsp3) is 0.500. The SMILES string of the molecule is Oc1cc(C2CCCCC2)ccc1-c1ccc(C2CCCCC2)cc1O. The molecular weight excluding hydrogens is 320 g/mol. The second-order valence-corrected chi connectivity index (χ2v) is 8.22. The molecule has 0 aromatic heterocycles. The lowest BCUT2D eigenvalue weighted by Gasteiger charge is -2.23. The van der Waals surface area contributed by atoms with Gasteiger partial charge < -0.3 is 10.2 Å². The molecule has 2 fully saturated rings. The number of rotatable bonds is 3. The minimum Gasteiger partial charge on any atom is -0.507 e. The highest BCUT2D eigenvalue weighted by atomic mass is 16.3. The molecule has 0 bridgehead atoms. The second-order valence-electron chi connectivity index (χ2n) is 8.22. The van der Waals surface area contributed by atoms with Crippen molar-refractivity contribution >= 4 is 0 Å². The van der Waals surface area contributed by atoms with Crippen molar-refractivity contribution in [3.63, 3.8) is 0 Å². The van der Waals surface area contributed by atoms with Gasteiger partial charge in [0.2, 0.25) is 0 Å². The van der Waals surface area contributed by atoms with Gasteiger partial charge in [-0.25, -0.2) is 0 Å². The van der Waals surface area contributed by atoms with E-state index in [9.17, 15) is 10.2 Å². The van der Waals surface area contributed by atoms with Crippen LogP contribution in [0.1, 0.15) is 87.2 Å². The van der Waals surface area contributed by atoms with Gasteiger partial charge in [0, 0.05) is 11.1 Å². The number of benzene rings is 2. The summed E-state index contributed by atoms with van der Waals surface area (Å²) in [5.41, 5.74) is 3.95. The van der Waals surface area contributed by atoms with Gasteiger partial charge in [0.05, 0.1) is 0 Å². The van der Waals surface area contributed by atoms with Gasteiger partial charge in [-0.3, -0.25) is 0 Å². The summed E-state index contributed by atoms with van der Waals surface area (Å²) in [5.74, 6) is 1.72. The van der Waals surface area contributed by atoms with Gasteiger partial charge in [-0.15, -0.1) is 0 Å². The third kappa shape index (κ3) is 3.60. The maximum absolute atomic E-state index is 10.6. The van der Waals surface area contributed by atoms with Crippen LogP contribution in [0.25, 0.3) is 11.1 Å². The smallest absolute Gasteiger partial charge is 0.123 e. The molecule has 2 saturated carbocycles. The third-order valence-electron chi connectivity index (χ3n) is 6.49. The molecule has 2 aliphatic carbocycles. The fourth-order valence-electron chi connectivity index (χ4n) is 4.93. The lowest BCUT2D eigenvalue weighted by molar-refractivity contribution is 0.437. The predicted octanol–water partition coefficient (Wildman–Crippen LogP) is 6.86. The highest BCUT2D eigenvalue weighted by Crippen LogP contribution is 2.42. The van der Waals surface area contributed by atoms with E-state index in [2.05, 4.69) is 12.1 Å². The van der Waals surface area contributed by atoms with Crippen molar-refractivity contribution in [1.82, 2.24) is 0 Å². The average Bonchev–Trinajstić information content (AvgIpc) is 2.69. The summed E-state index contributed by atoms with van der Waals surface area (Å²) in [6, 6.07) is 12.1. The molecule has 0 heterocycles. The zero-order valence-corrected chi connectivity index (χ0v) is 15.6. The van der Waals surface area contributed by atoms with Crippen molar-refractivity contribution < 1.29 is 10.2 Å². The maximum atomic E-state index is 10.6. The molecule has 0 aliphatic heterocycles. The lowest BCUT2D eigenvalue weighted by atomic mass is 9.82. The Hall–Kier alpha value is -1.96. The zero-order chi connectivity index (χ0) is 17.9. The van der Waals surface area contributed by atoms with Gasteiger partial charge in [0.15, 0.2) is 0 Å². The van der Waals surface area contributed by atoms with Crippen LogP contribution in [0.15, 0.2) is 36.4 Å². The number of phenols is 2. The maximum Gasteiger partial charge on any atom is 0.123 e. The van der Waals surface area contributed by atoms with Gasteiger partial charge in [0.25, 0.3) is 0 Å². The quantitative estimate of drug-likeness (QED) is 0.635. The Bertz CT molecular complexity index is 687. The third-order valence-corrected chi connectivity index (χ3v) is 6.49. The van der Waals surface area contributed by atoms with Crippen molar-refractivity contribution in [2.45, 2.75) is 76.0 Å². The fourth-order valence-corrected chi connectivity index (χ4v) is 4.93. The first-order valence-corrected chi connectivity index (χ1v) is 10.4. The molecule has 2 nitrogen and oxygen atoms in total. The monoisotopic (exact) mass is 350 g/mol. The Morgan fingerprint density at radius 2 is 0.923 bits per heavy atom. The van der Waals surface area contributed by atoms with E-state index in [1.807, 2.05) is 24.3 Å². The summed E-state index contributed by atoms with van der Waals surface area (Å²) in [6.07, 6.45) is 12.7. The standard InChI is InChI=1S/C24H30O2/c25-23-15-19(17-7-3-1-4-8-17)11-13-21(23)22-14-12-20(16-24(22)26)18-9-5-2-6-10-18/h11-18,25-26H,1-10H2. The predicted molar refractivity (Wildman–Crippen MR) is 107 cm³/mol. The van der Waals surface area contributed by atoms with Crippen LogP contribution in [0.3, 0.4) is 0 Å². The Labute approximate surface area is 156 Å². The van der Waals surface area contributed by atoms with E-state index in [4.69, 9.17) is 0 Å². The second kappa shape index (κ2) is 7.73. The van der Waals surface area contributed by atoms with Gasteiger partial charge >= 0.3 is 0 Å². The minimum absolute atomic E-state index is 0.286. The Balaban J connectivity index is 1.58. The molecule has 2 aromatic rings. The molecule has 0 radical (unpaired) electrons. The van der Waals surface area contributed by atoms with E-state index in [1.165, 1.54) is 75.3 Å². The molecule has 0 saturated heterocycles. The Morgan fingerprint density at radius 1 is 0.538 bits per heavy atom. The van der Waals surface area contributed by atoms with E-state index < -0.39 is 0 Å². The van der Waals surface area contributed by atoms with Crippen LogP contribution >= 0.6 is 0 Å². The van der Waals surface area contributed by atoms with Crippen LogP contribution in [0.5, 0.6) is 11.5 Å². The number of aromatic hydroxyl groups is 2. The van der Waals surface area contributed by atoms with Crippen LogP contribution in [-0.2, 0) is 0 Å². The van der Waals surface area contributed by atoms with Crippen LogP contribution in [0, 0.1) is 0 Å². The molecular formula is C24H30O2. The summed E-state index contributed by atoms with van der Waals surface area (Å²) >= 11 is 0. The topological polar surface area (TPSA) is 40.5 Å². The van der Waals surface area contributed by atoms with E-state index in [1.54, 1.807) is 0 Å². The number of hydrogen-bond acceptors (Lipinski definition) is 2. The molecule has 26 heavy (non-hydrogen) atoms. The molecule has 2 aliphatic rings. The highest BCUT2D eigenvalue weighted by molar-refractivity contribution is 5.76. The Morgan fingerprint density at radius 3 is 1.27 bits per heavy atom. The normalized spacial score (nSPS) is 19.5. The van der Waals surface area contributed by atoms with Crippen molar-refractivity contribution in [1.29, 1.82) is 0 Å². The molecule has 2 N–H and O–H groups in total.